The first kappa shape index (κ1) is 29.1. The summed E-state index contributed by atoms with van der Waals surface area (Å²) in [6, 6.07) is 63.3. The quantitative estimate of drug-likeness (QED) is 0.184. The third kappa shape index (κ3) is 3.85. The van der Waals surface area contributed by atoms with Crippen LogP contribution in [0, 0.1) is 0 Å². The summed E-state index contributed by atoms with van der Waals surface area (Å²) < 4.78 is 13.6. The summed E-state index contributed by atoms with van der Waals surface area (Å²) in [6.07, 6.45) is 0. The maximum Gasteiger partial charge on any atom is 0.159 e. The van der Waals surface area contributed by atoms with Crippen LogP contribution in [0.1, 0.15) is 22.3 Å². The van der Waals surface area contributed by atoms with Gasteiger partial charge < -0.3 is 13.7 Å². The highest BCUT2D eigenvalue weighted by Gasteiger charge is 2.50. The van der Waals surface area contributed by atoms with E-state index in [1.165, 1.54) is 43.2 Å². The maximum atomic E-state index is 6.93. The lowest BCUT2D eigenvalue weighted by atomic mass is 9.67. The Labute approximate surface area is 309 Å². The molecular formula is C49H29NO2S. The smallest absolute Gasteiger partial charge is 0.159 e. The molecule has 1 spiro atoms. The normalized spacial score (nSPS) is 13.7. The predicted octanol–water partition coefficient (Wildman–Crippen LogP) is 13.8. The minimum absolute atomic E-state index is 0.465. The van der Waals surface area contributed by atoms with Crippen LogP contribution in [0.4, 0.5) is 17.1 Å². The first-order valence-electron chi connectivity index (χ1n) is 18.0. The molecule has 3 nitrogen and oxygen atoms in total. The molecule has 248 valence electrons. The molecule has 1 aliphatic carbocycles. The molecule has 12 rings (SSSR count). The number of furan rings is 2. The van der Waals surface area contributed by atoms with Gasteiger partial charge in [0.1, 0.15) is 16.7 Å². The van der Waals surface area contributed by atoms with Gasteiger partial charge in [0.15, 0.2) is 5.58 Å². The van der Waals surface area contributed by atoms with Gasteiger partial charge in [0.25, 0.3) is 0 Å². The predicted molar refractivity (Wildman–Crippen MR) is 217 cm³/mol. The zero-order valence-corrected chi connectivity index (χ0v) is 29.2. The van der Waals surface area contributed by atoms with Crippen LogP contribution in [0.15, 0.2) is 195 Å². The first-order valence-corrected chi connectivity index (χ1v) is 18.8. The molecule has 0 radical (unpaired) electrons. The molecule has 53 heavy (non-hydrogen) atoms. The highest BCUT2D eigenvalue weighted by Crippen LogP contribution is 2.63. The maximum absolute atomic E-state index is 6.93. The van der Waals surface area contributed by atoms with Gasteiger partial charge in [-0.25, -0.2) is 0 Å². The van der Waals surface area contributed by atoms with E-state index in [2.05, 4.69) is 169 Å². The van der Waals surface area contributed by atoms with E-state index in [1.807, 2.05) is 23.9 Å². The third-order valence-corrected chi connectivity index (χ3v) is 12.5. The second-order valence-corrected chi connectivity index (χ2v) is 15.0. The molecule has 0 amide bonds. The van der Waals surface area contributed by atoms with Crippen LogP contribution in [0.5, 0.6) is 0 Å². The molecule has 8 aromatic carbocycles. The summed E-state index contributed by atoms with van der Waals surface area (Å²) in [5, 5.41) is 4.36. The lowest BCUT2D eigenvalue weighted by molar-refractivity contribution is 0.664. The highest BCUT2D eigenvalue weighted by molar-refractivity contribution is 7.99. The van der Waals surface area contributed by atoms with E-state index in [9.17, 15) is 0 Å². The van der Waals surface area contributed by atoms with Crippen molar-refractivity contribution in [2.75, 3.05) is 4.90 Å². The molecule has 0 N–H and O–H groups in total. The highest BCUT2D eigenvalue weighted by atomic mass is 32.2. The lowest BCUT2D eigenvalue weighted by Gasteiger charge is -2.39. The molecule has 3 heterocycles. The Bertz CT molecular complexity index is 3070. The Kier molecular flexibility index (Phi) is 5.92. The van der Waals surface area contributed by atoms with Crippen molar-refractivity contribution >= 4 is 72.7 Å². The van der Waals surface area contributed by atoms with Gasteiger partial charge in [0, 0.05) is 31.6 Å². The van der Waals surface area contributed by atoms with Crippen molar-refractivity contribution in [2.45, 2.75) is 15.2 Å². The fourth-order valence-electron chi connectivity index (χ4n) is 9.23. The number of hydrogen-bond donors (Lipinski definition) is 0. The van der Waals surface area contributed by atoms with Gasteiger partial charge in [-0.1, -0.05) is 127 Å². The average molecular weight is 696 g/mol. The molecule has 0 atom stereocenters. The van der Waals surface area contributed by atoms with Gasteiger partial charge in [-0.15, -0.1) is 0 Å². The monoisotopic (exact) mass is 695 g/mol. The van der Waals surface area contributed by atoms with Crippen molar-refractivity contribution in [3.8, 4) is 11.1 Å². The summed E-state index contributed by atoms with van der Waals surface area (Å²) in [7, 11) is 0. The van der Waals surface area contributed by atoms with Crippen molar-refractivity contribution in [1.82, 2.24) is 0 Å². The number of nitrogens with zero attached hydrogens (tertiary/aromatic N) is 1. The number of anilines is 3. The summed E-state index contributed by atoms with van der Waals surface area (Å²) in [4.78, 5) is 4.91. The van der Waals surface area contributed by atoms with Gasteiger partial charge in [-0.3, -0.25) is 0 Å². The first-order chi connectivity index (χ1) is 26.3. The topological polar surface area (TPSA) is 29.5 Å². The van der Waals surface area contributed by atoms with E-state index in [0.717, 1.165) is 60.9 Å². The van der Waals surface area contributed by atoms with Crippen molar-refractivity contribution in [2.24, 2.45) is 0 Å². The summed E-state index contributed by atoms with van der Waals surface area (Å²) in [6.45, 7) is 0. The Balaban J connectivity index is 1.17. The number of para-hydroxylation sites is 3. The van der Waals surface area contributed by atoms with Crippen LogP contribution < -0.4 is 4.90 Å². The van der Waals surface area contributed by atoms with Crippen molar-refractivity contribution in [3.63, 3.8) is 0 Å². The molecule has 1 aliphatic heterocycles. The van der Waals surface area contributed by atoms with Crippen LogP contribution in [-0.4, -0.2) is 0 Å². The van der Waals surface area contributed by atoms with Crippen LogP contribution in [0.2, 0.25) is 0 Å². The van der Waals surface area contributed by atoms with Gasteiger partial charge in [-0.2, -0.15) is 0 Å². The van der Waals surface area contributed by atoms with Crippen LogP contribution >= 0.6 is 11.8 Å². The van der Waals surface area contributed by atoms with Crippen molar-refractivity contribution in [1.29, 1.82) is 0 Å². The molecule has 2 aromatic heterocycles. The van der Waals surface area contributed by atoms with Crippen molar-refractivity contribution < 1.29 is 8.83 Å². The molecule has 0 saturated heterocycles. The van der Waals surface area contributed by atoms with Gasteiger partial charge >= 0.3 is 0 Å². The molecule has 0 unspecified atom stereocenters. The van der Waals surface area contributed by atoms with Crippen LogP contribution in [0.25, 0.3) is 55.0 Å². The Morgan fingerprint density at radius 2 is 1.06 bits per heavy atom. The number of hydrogen-bond acceptors (Lipinski definition) is 4. The van der Waals surface area contributed by atoms with Gasteiger partial charge in [0.2, 0.25) is 0 Å². The summed E-state index contributed by atoms with van der Waals surface area (Å²) in [5.74, 6) is 0. The Hall–Kier alpha value is -6.49. The molecular weight excluding hydrogens is 667 g/mol. The van der Waals surface area contributed by atoms with Crippen LogP contribution in [0.3, 0.4) is 0 Å². The average Bonchev–Trinajstić information content (AvgIpc) is 3.87. The number of rotatable bonds is 3. The number of fused-ring (bicyclic) bond motifs is 15. The lowest BCUT2D eigenvalue weighted by Crippen LogP contribution is -2.31. The molecule has 10 aromatic rings. The molecule has 0 bridgehead atoms. The van der Waals surface area contributed by atoms with E-state index in [1.54, 1.807) is 0 Å². The fourth-order valence-corrected chi connectivity index (χ4v) is 10.4. The minimum Gasteiger partial charge on any atom is -0.456 e. The van der Waals surface area contributed by atoms with Gasteiger partial charge in [-0.05, 0) is 94.0 Å². The Morgan fingerprint density at radius 1 is 0.415 bits per heavy atom. The minimum atomic E-state index is -0.465. The largest absolute Gasteiger partial charge is 0.456 e. The zero-order valence-electron chi connectivity index (χ0n) is 28.4. The van der Waals surface area contributed by atoms with Crippen LogP contribution in [-0.2, 0) is 5.41 Å². The second kappa shape index (κ2) is 10.8. The summed E-state index contributed by atoms with van der Waals surface area (Å²) in [5.41, 5.74) is 13.8. The molecule has 4 heteroatoms. The zero-order chi connectivity index (χ0) is 34.7. The number of benzene rings is 8. The van der Waals surface area contributed by atoms with E-state index < -0.39 is 5.41 Å². The van der Waals surface area contributed by atoms with E-state index in [0.29, 0.717) is 0 Å². The second-order valence-electron chi connectivity index (χ2n) is 14.0. The fraction of sp³-hybridized carbons (Fsp3) is 0.0204. The van der Waals surface area contributed by atoms with E-state index in [4.69, 9.17) is 8.83 Å². The van der Waals surface area contributed by atoms with E-state index >= 15 is 0 Å². The van der Waals surface area contributed by atoms with E-state index in [-0.39, 0.29) is 0 Å². The SMILES string of the molecule is c1ccc(N(c2cccc3c2oc2ccccc23)c2cccc3oc4cc5c(cc4c23)-c2ccccc2C52c3ccccc3Sc3ccccc32)cc1. The molecule has 0 fully saturated rings. The van der Waals surface area contributed by atoms with Gasteiger partial charge in [0.05, 0.1) is 22.2 Å². The summed E-state index contributed by atoms with van der Waals surface area (Å²) >= 11 is 1.87. The standard InChI is InChI=1S/C49H29NO2S/c1-2-14-30(15-3-1)50(41-23-12-18-33-32-17-5-9-24-42(32)52-48(33)41)40-22-13-25-43-47(40)35-28-34-31-16-4-6-19-36(31)49(39(34)29-44(35)51-43)37-20-7-10-26-45(37)53-46-27-11-8-21-38(46)49/h1-29H. The molecule has 2 aliphatic rings. The Morgan fingerprint density at radius 3 is 1.89 bits per heavy atom. The third-order valence-electron chi connectivity index (χ3n) is 11.3. The molecule has 0 saturated carbocycles. The van der Waals surface area contributed by atoms with Crippen molar-refractivity contribution in [3.05, 3.63) is 198 Å².